The van der Waals surface area contributed by atoms with Gasteiger partial charge in [-0.3, -0.25) is 4.31 Å². The first-order chi connectivity index (χ1) is 10.0. The molecule has 0 atom stereocenters. The maximum absolute atomic E-state index is 12.2. The molecule has 0 aromatic heterocycles. The van der Waals surface area contributed by atoms with Crippen molar-refractivity contribution in [3.05, 3.63) is 24.3 Å². The van der Waals surface area contributed by atoms with Gasteiger partial charge in [-0.15, -0.1) is 0 Å². The second kappa shape index (κ2) is 5.55. The van der Waals surface area contributed by atoms with Gasteiger partial charge in [0.25, 0.3) is 0 Å². The molecule has 2 rings (SSSR count). The zero-order valence-corrected chi connectivity index (χ0v) is 14.9. The molecule has 22 heavy (non-hydrogen) atoms. The number of benzene rings is 1. The number of sulfonamides is 1. The van der Waals surface area contributed by atoms with Crippen LogP contribution in [0.25, 0.3) is 0 Å². The van der Waals surface area contributed by atoms with Crippen molar-refractivity contribution < 1.29 is 17.7 Å². The molecule has 0 aliphatic carbocycles. The van der Waals surface area contributed by atoms with E-state index in [0.29, 0.717) is 5.69 Å². The first-order valence-corrected chi connectivity index (χ1v) is 9.04. The van der Waals surface area contributed by atoms with Crippen LogP contribution >= 0.6 is 0 Å². The Morgan fingerprint density at radius 3 is 2.09 bits per heavy atom. The average Bonchev–Trinajstić information content (AvgIpc) is 2.66. The van der Waals surface area contributed by atoms with E-state index in [-0.39, 0.29) is 5.75 Å². The molecule has 1 aliphatic heterocycles. The third-order valence-electron chi connectivity index (χ3n) is 4.57. The summed E-state index contributed by atoms with van der Waals surface area (Å²) in [5.41, 5.74) is 0.378. The summed E-state index contributed by atoms with van der Waals surface area (Å²) in [5.74, 6) is 0.0429. The van der Waals surface area contributed by atoms with Gasteiger partial charge in [0.1, 0.15) is 0 Å². The van der Waals surface area contributed by atoms with E-state index < -0.39 is 28.3 Å². The SMILES string of the molecule is CCS(=O)(=O)N(C)c1ccccc1B1OC(C)(C)C(C)(C)O1. The third-order valence-corrected chi connectivity index (χ3v) is 6.33. The van der Waals surface area contributed by atoms with E-state index in [0.717, 1.165) is 5.46 Å². The van der Waals surface area contributed by atoms with Gasteiger partial charge in [-0.25, -0.2) is 8.42 Å². The van der Waals surface area contributed by atoms with Gasteiger partial charge in [0, 0.05) is 12.5 Å². The van der Waals surface area contributed by atoms with Crippen LogP contribution in [0.5, 0.6) is 0 Å². The minimum absolute atomic E-state index is 0.0429. The van der Waals surface area contributed by atoms with Crippen molar-refractivity contribution in [1.82, 2.24) is 0 Å². The fourth-order valence-corrected chi connectivity index (χ4v) is 3.14. The van der Waals surface area contributed by atoms with Gasteiger partial charge in [0.2, 0.25) is 10.0 Å². The molecule has 5 nitrogen and oxygen atoms in total. The highest BCUT2D eigenvalue weighted by atomic mass is 32.2. The van der Waals surface area contributed by atoms with Crippen molar-refractivity contribution in [2.75, 3.05) is 17.1 Å². The fourth-order valence-electron chi connectivity index (χ4n) is 2.29. The lowest BCUT2D eigenvalue weighted by Gasteiger charge is -2.32. The minimum Gasteiger partial charge on any atom is -0.399 e. The molecule has 1 saturated heterocycles. The number of para-hydroxylation sites is 1. The summed E-state index contributed by atoms with van der Waals surface area (Å²) in [6, 6.07) is 7.29. The largest absolute Gasteiger partial charge is 0.497 e. The van der Waals surface area contributed by atoms with Crippen molar-refractivity contribution in [2.45, 2.75) is 45.8 Å². The molecule has 0 spiro atoms. The summed E-state index contributed by atoms with van der Waals surface area (Å²) < 4.78 is 37.7. The molecule has 7 heteroatoms. The van der Waals surface area contributed by atoms with Gasteiger partial charge in [0.05, 0.1) is 22.6 Å². The normalized spacial score (nSPS) is 20.2. The molecule has 1 aromatic rings. The molecular weight excluding hydrogens is 301 g/mol. The van der Waals surface area contributed by atoms with Crippen molar-refractivity contribution in [3.8, 4) is 0 Å². The Morgan fingerprint density at radius 2 is 1.59 bits per heavy atom. The molecule has 0 amide bonds. The number of hydrogen-bond donors (Lipinski definition) is 0. The molecule has 0 N–H and O–H groups in total. The number of rotatable bonds is 4. The summed E-state index contributed by atoms with van der Waals surface area (Å²) >= 11 is 0. The predicted molar refractivity (Wildman–Crippen MR) is 90.0 cm³/mol. The van der Waals surface area contributed by atoms with E-state index in [1.54, 1.807) is 20.0 Å². The highest BCUT2D eigenvalue weighted by Crippen LogP contribution is 2.37. The molecule has 0 radical (unpaired) electrons. The lowest BCUT2D eigenvalue weighted by molar-refractivity contribution is 0.00578. The molecular formula is C15H24BNO4S. The van der Waals surface area contributed by atoms with Gasteiger partial charge in [-0.1, -0.05) is 18.2 Å². The first kappa shape index (κ1) is 17.3. The monoisotopic (exact) mass is 325 g/mol. The number of anilines is 1. The second-order valence-corrected chi connectivity index (χ2v) is 8.80. The topological polar surface area (TPSA) is 55.8 Å². The minimum atomic E-state index is -3.34. The third kappa shape index (κ3) is 2.89. The van der Waals surface area contributed by atoms with E-state index in [1.165, 1.54) is 4.31 Å². The van der Waals surface area contributed by atoms with Crippen LogP contribution in [0, 0.1) is 0 Å². The highest BCUT2D eigenvalue weighted by molar-refractivity contribution is 7.92. The van der Waals surface area contributed by atoms with Crippen molar-refractivity contribution in [1.29, 1.82) is 0 Å². The number of hydrogen-bond acceptors (Lipinski definition) is 4. The van der Waals surface area contributed by atoms with Crippen LogP contribution in [0.2, 0.25) is 0 Å². The summed E-state index contributed by atoms with van der Waals surface area (Å²) in [5, 5.41) is 0. The maximum Gasteiger partial charge on any atom is 0.497 e. The summed E-state index contributed by atoms with van der Waals surface area (Å²) in [7, 11) is -2.37. The fraction of sp³-hybridized carbons (Fsp3) is 0.600. The van der Waals surface area contributed by atoms with E-state index in [4.69, 9.17) is 9.31 Å². The number of nitrogens with zero attached hydrogens (tertiary/aromatic N) is 1. The van der Waals surface area contributed by atoms with E-state index in [1.807, 2.05) is 45.9 Å². The Bertz CT molecular complexity index is 641. The van der Waals surface area contributed by atoms with Gasteiger partial charge < -0.3 is 9.31 Å². The van der Waals surface area contributed by atoms with Crippen LogP contribution in [0.3, 0.4) is 0 Å². The van der Waals surface area contributed by atoms with E-state index in [2.05, 4.69) is 0 Å². The standard InChI is InChI=1S/C15H24BNO4S/c1-7-22(18,19)17(6)13-11-9-8-10-12(13)16-20-14(2,3)15(4,5)21-16/h8-11H,7H2,1-6H3. The van der Waals surface area contributed by atoms with E-state index >= 15 is 0 Å². The Balaban J connectivity index is 2.43. The Hall–Kier alpha value is -1.05. The summed E-state index contributed by atoms with van der Waals surface area (Å²) in [6.45, 7) is 9.53. The molecule has 1 fully saturated rings. The van der Waals surface area contributed by atoms with Crippen LogP contribution in [0.1, 0.15) is 34.6 Å². The molecule has 0 saturated carbocycles. The smallest absolute Gasteiger partial charge is 0.399 e. The lowest BCUT2D eigenvalue weighted by atomic mass is 9.78. The summed E-state index contributed by atoms with van der Waals surface area (Å²) in [6.07, 6.45) is 0. The molecule has 1 aromatic carbocycles. The van der Waals surface area contributed by atoms with Crippen LogP contribution in [0.15, 0.2) is 24.3 Å². The van der Waals surface area contributed by atoms with Crippen LogP contribution in [-0.2, 0) is 19.3 Å². The lowest BCUT2D eigenvalue weighted by Crippen LogP contribution is -2.41. The van der Waals surface area contributed by atoms with Crippen LogP contribution in [-0.4, -0.2) is 39.5 Å². The summed E-state index contributed by atoms with van der Waals surface area (Å²) in [4.78, 5) is 0. The highest BCUT2D eigenvalue weighted by Gasteiger charge is 2.52. The molecule has 1 aliphatic rings. The van der Waals surface area contributed by atoms with Crippen LogP contribution in [0.4, 0.5) is 5.69 Å². The zero-order chi connectivity index (χ0) is 16.8. The van der Waals surface area contributed by atoms with Crippen molar-refractivity contribution in [2.24, 2.45) is 0 Å². The molecule has 1 heterocycles. The first-order valence-electron chi connectivity index (χ1n) is 7.43. The van der Waals surface area contributed by atoms with Crippen molar-refractivity contribution >= 4 is 28.3 Å². The molecule has 0 bridgehead atoms. The Morgan fingerprint density at radius 1 is 1.09 bits per heavy atom. The van der Waals surface area contributed by atoms with E-state index in [9.17, 15) is 8.42 Å². The van der Waals surface area contributed by atoms with Gasteiger partial charge >= 0.3 is 7.12 Å². The van der Waals surface area contributed by atoms with Crippen LogP contribution < -0.4 is 9.77 Å². The van der Waals surface area contributed by atoms with Gasteiger partial charge in [-0.2, -0.15) is 0 Å². The quantitative estimate of drug-likeness (QED) is 0.792. The predicted octanol–water partition coefficient (Wildman–Crippen LogP) is 1.77. The molecule has 122 valence electrons. The van der Waals surface area contributed by atoms with Crippen molar-refractivity contribution in [3.63, 3.8) is 0 Å². The van der Waals surface area contributed by atoms with Gasteiger partial charge in [-0.05, 0) is 40.7 Å². The second-order valence-electron chi connectivity index (χ2n) is 6.52. The Labute approximate surface area is 133 Å². The zero-order valence-electron chi connectivity index (χ0n) is 14.1. The van der Waals surface area contributed by atoms with Gasteiger partial charge in [0.15, 0.2) is 0 Å². The molecule has 0 unspecified atom stereocenters. The maximum atomic E-state index is 12.2. The average molecular weight is 325 g/mol. The Kier molecular flexibility index (Phi) is 4.36.